The zero-order chi connectivity index (χ0) is 23.9. The van der Waals surface area contributed by atoms with Crippen molar-refractivity contribution < 1.29 is 13.6 Å². The van der Waals surface area contributed by atoms with Crippen molar-refractivity contribution in [3.8, 4) is 0 Å². The lowest BCUT2D eigenvalue weighted by atomic mass is 9.76. The zero-order valence-corrected chi connectivity index (χ0v) is 21.3. The molecule has 0 aromatic heterocycles. The predicted octanol–water partition coefficient (Wildman–Crippen LogP) is 6.89. The Balaban J connectivity index is 2.49. The van der Waals surface area contributed by atoms with Crippen LogP contribution in [0.5, 0.6) is 0 Å². The summed E-state index contributed by atoms with van der Waals surface area (Å²) in [5.41, 5.74) is -0.766. The van der Waals surface area contributed by atoms with Crippen LogP contribution >= 0.6 is 11.6 Å². The number of nitrogens with zero attached hydrogens (tertiary/aromatic N) is 1. The van der Waals surface area contributed by atoms with Crippen LogP contribution in [0.15, 0.2) is 12.1 Å². The number of hydrogen-bond donors (Lipinski definition) is 1. The van der Waals surface area contributed by atoms with Crippen LogP contribution in [0.3, 0.4) is 0 Å². The maximum Gasteiger partial charge on any atom is 0.238 e. The molecule has 1 saturated carbocycles. The first-order chi connectivity index (χ1) is 13.9. The SMILES string of the molecule is CC(C)(C)[C@H](C(=O)NC(c1cc(F)c(Cl)cc1F)C1CCC1)N(C(C)(C)C)C(C)(C)C. The second kappa shape index (κ2) is 8.97. The van der Waals surface area contributed by atoms with E-state index in [1.54, 1.807) is 0 Å². The minimum absolute atomic E-state index is 0.0809. The molecule has 1 N–H and O–H groups in total. The smallest absolute Gasteiger partial charge is 0.238 e. The van der Waals surface area contributed by atoms with Crippen molar-refractivity contribution in [2.24, 2.45) is 11.3 Å². The standard InChI is InChI=1S/C25H39ClF2N2O/c1-23(2,3)21(30(24(4,5)6)25(7,8)9)22(31)29-20(15-11-10-12-15)16-13-19(28)17(26)14-18(16)27/h13-15,20-21H,10-12H2,1-9H3,(H,29,31)/t20?,21-/m0/s1. The van der Waals surface area contributed by atoms with E-state index in [-0.39, 0.29) is 38.9 Å². The van der Waals surface area contributed by atoms with Gasteiger partial charge in [0.05, 0.1) is 17.1 Å². The van der Waals surface area contributed by atoms with Crippen LogP contribution in [0.2, 0.25) is 5.02 Å². The van der Waals surface area contributed by atoms with Crippen molar-refractivity contribution in [3.05, 3.63) is 34.4 Å². The third kappa shape index (κ3) is 5.98. The Labute approximate surface area is 191 Å². The Kier molecular flexibility index (Phi) is 7.54. The Morgan fingerprint density at radius 2 is 1.52 bits per heavy atom. The van der Waals surface area contributed by atoms with Gasteiger partial charge in [0.2, 0.25) is 5.91 Å². The van der Waals surface area contributed by atoms with Gasteiger partial charge in [0.15, 0.2) is 0 Å². The summed E-state index contributed by atoms with van der Waals surface area (Å²) in [5.74, 6) is -1.34. The summed E-state index contributed by atoms with van der Waals surface area (Å²) < 4.78 is 29.0. The van der Waals surface area contributed by atoms with Gasteiger partial charge in [-0.15, -0.1) is 0 Å². The molecule has 0 heterocycles. The van der Waals surface area contributed by atoms with Crippen LogP contribution < -0.4 is 5.32 Å². The molecular weight excluding hydrogens is 418 g/mol. The lowest BCUT2D eigenvalue weighted by Gasteiger charge is -2.53. The summed E-state index contributed by atoms with van der Waals surface area (Å²) in [6, 6.07) is 1.09. The van der Waals surface area contributed by atoms with Crippen molar-refractivity contribution in [1.29, 1.82) is 0 Å². The fraction of sp³-hybridized carbons (Fsp3) is 0.720. The van der Waals surface area contributed by atoms with Gasteiger partial charge in [0.1, 0.15) is 11.6 Å². The first kappa shape index (κ1) is 26.1. The third-order valence-electron chi connectivity index (χ3n) is 6.07. The van der Waals surface area contributed by atoms with E-state index in [0.29, 0.717) is 0 Å². The van der Waals surface area contributed by atoms with E-state index in [0.717, 1.165) is 31.4 Å². The van der Waals surface area contributed by atoms with Crippen LogP contribution in [0.4, 0.5) is 8.78 Å². The molecule has 176 valence electrons. The van der Waals surface area contributed by atoms with Crippen LogP contribution in [-0.2, 0) is 4.79 Å². The molecule has 0 saturated heterocycles. The molecule has 1 aromatic carbocycles. The van der Waals surface area contributed by atoms with E-state index in [1.165, 1.54) is 0 Å². The quantitative estimate of drug-likeness (QED) is 0.489. The van der Waals surface area contributed by atoms with Crippen molar-refractivity contribution in [2.75, 3.05) is 0 Å². The molecule has 1 fully saturated rings. The largest absolute Gasteiger partial charge is 0.348 e. The number of rotatable bonds is 5. The number of carbonyl (C=O) groups excluding carboxylic acids is 1. The normalized spacial score (nSPS) is 18.0. The molecular formula is C25H39ClF2N2O. The highest BCUT2D eigenvalue weighted by Crippen LogP contribution is 2.41. The summed E-state index contributed by atoms with van der Waals surface area (Å²) in [6.45, 7) is 18.7. The second-order valence-electron chi connectivity index (χ2n) is 11.9. The monoisotopic (exact) mass is 456 g/mol. The average Bonchev–Trinajstić information content (AvgIpc) is 2.50. The lowest BCUT2D eigenvalue weighted by Crippen LogP contribution is -2.65. The number of hydrogen-bond acceptors (Lipinski definition) is 2. The van der Waals surface area contributed by atoms with Crippen LogP contribution in [0.25, 0.3) is 0 Å². The number of halogens is 3. The maximum atomic E-state index is 14.8. The topological polar surface area (TPSA) is 32.3 Å². The zero-order valence-electron chi connectivity index (χ0n) is 20.5. The van der Waals surface area contributed by atoms with Gasteiger partial charge in [-0.05, 0) is 77.8 Å². The molecule has 6 heteroatoms. The molecule has 0 spiro atoms. The molecule has 0 bridgehead atoms. The number of nitrogens with one attached hydrogen (secondary N) is 1. The molecule has 0 radical (unpaired) electrons. The number of amides is 1. The van der Waals surface area contributed by atoms with Crippen molar-refractivity contribution in [2.45, 2.75) is 105 Å². The average molecular weight is 457 g/mol. The number of carbonyl (C=O) groups is 1. The van der Waals surface area contributed by atoms with Crippen LogP contribution in [0.1, 0.15) is 93.2 Å². The molecule has 3 nitrogen and oxygen atoms in total. The van der Waals surface area contributed by atoms with E-state index in [4.69, 9.17) is 11.6 Å². The van der Waals surface area contributed by atoms with E-state index in [2.05, 4.69) is 51.8 Å². The first-order valence-electron chi connectivity index (χ1n) is 11.2. The van der Waals surface area contributed by atoms with Crippen molar-refractivity contribution in [3.63, 3.8) is 0 Å². The Hall–Kier alpha value is -1.20. The lowest BCUT2D eigenvalue weighted by molar-refractivity contribution is -0.141. The molecule has 2 rings (SSSR count). The summed E-state index contributed by atoms with van der Waals surface area (Å²) >= 11 is 5.77. The molecule has 31 heavy (non-hydrogen) atoms. The van der Waals surface area contributed by atoms with E-state index in [9.17, 15) is 13.6 Å². The van der Waals surface area contributed by atoms with Crippen LogP contribution in [-0.4, -0.2) is 27.9 Å². The van der Waals surface area contributed by atoms with E-state index < -0.39 is 23.7 Å². The third-order valence-corrected chi connectivity index (χ3v) is 6.36. The fourth-order valence-corrected chi connectivity index (χ4v) is 5.06. The van der Waals surface area contributed by atoms with E-state index >= 15 is 0 Å². The summed E-state index contributed by atoms with van der Waals surface area (Å²) in [5, 5.41) is 2.87. The van der Waals surface area contributed by atoms with Crippen molar-refractivity contribution in [1.82, 2.24) is 10.2 Å². The Morgan fingerprint density at radius 1 is 1.00 bits per heavy atom. The van der Waals surface area contributed by atoms with Gasteiger partial charge in [0.25, 0.3) is 0 Å². The highest BCUT2D eigenvalue weighted by molar-refractivity contribution is 6.30. The first-order valence-corrected chi connectivity index (χ1v) is 11.6. The minimum Gasteiger partial charge on any atom is -0.348 e. The Bertz CT molecular complexity index is 787. The Morgan fingerprint density at radius 3 is 1.90 bits per heavy atom. The summed E-state index contributed by atoms with van der Waals surface area (Å²) in [4.78, 5) is 16.0. The van der Waals surface area contributed by atoms with Gasteiger partial charge in [-0.1, -0.05) is 38.8 Å². The van der Waals surface area contributed by atoms with Gasteiger partial charge >= 0.3 is 0 Å². The van der Waals surface area contributed by atoms with Gasteiger partial charge in [-0.3, -0.25) is 9.69 Å². The highest BCUT2D eigenvalue weighted by Gasteiger charge is 2.47. The van der Waals surface area contributed by atoms with Gasteiger partial charge in [0, 0.05) is 16.6 Å². The molecule has 1 aromatic rings. The second-order valence-corrected chi connectivity index (χ2v) is 12.4. The fourth-order valence-electron chi connectivity index (χ4n) is 4.91. The van der Waals surface area contributed by atoms with Gasteiger partial charge in [-0.25, -0.2) is 8.78 Å². The highest BCUT2D eigenvalue weighted by atomic mass is 35.5. The molecule has 1 unspecified atom stereocenters. The molecule has 0 aliphatic heterocycles. The summed E-state index contributed by atoms with van der Waals surface area (Å²) in [6.07, 6.45) is 2.77. The maximum absolute atomic E-state index is 14.8. The minimum atomic E-state index is -0.671. The molecule has 1 amide bonds. The van der Waals surface area contributed by atoms with Gasteiger partial charge < -0.3 is 5.32 Å². The van der Waals surface area contributed by atoms with E-state index in [1.807, 2.05) is 20.8 Å². The molecule has 1 aliphatic carbocycles. The van der Waals surface area contributed by atoms with Crippen molar-refractivity contribution >= 4 is 17.5 Å². The predicted molar refractivity (Wildman–Crippen MR) is 124 cm³/mol. The van der Waals surface area contributed by atoms with Crippen LogP contribution in [0, 0.1) is 23.0 Å². The number of benzene rings is 1. The van der Waals surface area contributed by atoms with Gasteiger partial charge in [-0.2, -0.15) is 0 Å². The summed E-state index contributed by atoms with van der Waals surface area (Å²) in [7, 11) is 0. The molecule has 2 atom stereocenters. The molecule has 1 aliphatic rings.